The molecule has 0 aliphatic carbocycles. The summed E-state index contributed by atoms with van der Waals surface area (Å²) in [4.78, 5) is 18.6. The van der Waals surface area contributed by atoms with E-state index in [9.17, 15) is 4.79 Å². The number of carbonyl (C=O) groups excluding carboxylic acids is 1. The number of ketones is 1. The number of nitrogens with zero attached hydrogens (tertiary/aromatic N) is 2. The van der Waals surface area contributed by atoms with E-state index in [0.29, 0.717) is 40.7 Å². The summed E-state index contributed by atoms with van der Waals surface area (Å²) in [5, 5.41) is 0. The van der Waals surface area contributed by atoms with Crippen molar-refractivity contribution >= 4 is 5.78 Å². The maximum Gasteiger partial charge on any atom is 0.204 e. The highest BCUT2D eigenvalue weighted by Crippen LogP contribution is 2.51. The van der Waals surface area contributed by atoms with Crippen LogP contribution in [0.1, 0.15) is 66.9 Å². The van der Waals surface area contributed by atoms with Gasteiger partial charge in [-0.15, -0.1) is 0 Å². The lowest BCUT2D eigenvalue weighted by molar-refractivity contribution is 0.0992. The Labute approximate surface area is 318 Å². The van der Waals surface area contributed by atoms with Crippen molar-refractivity contribution in [2.75, 3.05) is 48.5 Å². The van der Waals surface area contributed by atoms with Crippen LogP contribution in [0.25, 0.3) is 0 Å². The molecule has 8 heteroatoms. The predicted molar refractivity (Wildman–Crippen MR) is 210 cm³/mol. The molecule has 4 aliphatic heterocycles. The van der Waals surface area contributed by atoms with Gasteiger partial charge in [-0.05, 0) is 122 Å². The first-order valence-electron chi connectivity index (χ1n) is 18.8. The lowest BCUT2D eigenvalue weighted by Crippen LogP contribution is -2.34. The van der Waals surface area contributed by atoms with E-state index in [4.69, 9.17) is 23.7 Å². The molecule has 0 radical (unpaired) electrons. The van der Waals surface area contributed by atoms with Gasteiger partial charge >= 0.3 is 0 Å². The summed E-state index contributed by atoms with van der Waals surface area (Å²) in [7, 11) is 9.36. The van der Waals surface area contributed by atoms with Crippen molar-refractivity contribution in [3.05, 3.63) is 135 Å². The molecule has 6 bridgehead atoms. The first-order valence-corrected chi connectivity index (χ1v) is 18.8. The fourth-order valence-electron chi connectivity index (χ4n) is 8.49. The summed E-state index contributed by atoms with van der Waals surface area (Å²) in [5.74, 6) is 4.61. The Kier molecular flexibility index (Phi) is 9.81. The average molecular weight is 725 g/mol. The normalized spacial score (nSPS) is 18.0. The van der Waals surface area contributed by atoms with Gasteiger partial charge in [0.25, 0.3) is 0 Å². The number of methoxy groups -OCH3 is 3. The fourth-order valence-corrected chi connectivity index (χ4v) is 8.49. The molecule has 5 aromatic carbocycles. The van der Waals surface area contributed by atoms with E-state index in [2.05, 4.69) is 67.2 Å². The number of benzene rings is 5. The number of carbonyl (C=O) groups is 1. The van der Waals surface area contributed by atoms with Gasteiger partial charge in [0.1, 0.15) is 11.5 Å². The summed E-state index contributed by atoms with van der Waals surface area (Å²) >= 11 is 0. The Balaban J connectivity index is 1.34. The summed E-state index contributed by atoms with van der Waals surface area (Å²) < 4.78 is 31.8. The van der Waals surface area contributed by atoms with E-state index in [0.717, 1.165) is 71.7 Å². The number of rotatable bonds is 6. The van der Waals surface area contributed by atoms with E-state index < -0.39 is 0 Å². The van der Waals surface area contributed by atoms with Crippen LogP contribution in [0.3, 0.4) is 0 Å². The molecule has 278 valence electrons. The van der Waals surface area contributed by atoms with Crippen molar-refractivity contribution in [2.24, 2.45) is 0 Å². The molecule has 0 spiro atoms. The van der Waals surface area contributed by atoms with Gasteiger partial charge in [-0.3, -0.25) is 14.6 Å². The number of hydrogen-bond acceptors (Lipinski definition) is 8. The summed E-state index contributed by atoms with van der Waals surface area (Å²) in [5.41, 5.74) is 9.70. The molecule has 0 amide bonds. The zero-order valence-electron chi connectivity index (χ0n) is 32.0. The lowest BCUT2D eigenvalue weighted by Gasteiger charge is -2.38. The Morgan fingerprint density at radius 3 is 2.17 bits per heavy atom. The van der Waals surface area contributed by atoms with Crippen molar-refractivity contribution in [3.8, 4) is 40.2 Å². The van der Waals surface area contributed by atoms with E-state index in [1.54, 1.807) is 21.3 Å². The predicted octanol–water partition coefficient (Wildman–Crippen LogP) is 8.89. The molecule has 0 aromatic heterocycles. The van der Waals surface area contributed by atoms with Crippen LogP contribution in [0.4, 0.5) is 0 Å². The van der Waals surface area contributed by atoms with E-state index >= 15 is 0 Å². The van der Waals surface area contributed by atoms with Crippen LogP contribution in [0.2, 0.25) is 0 Å². The highest BCUT2D eigenvalue weighted by Gasteiger charge is 2.35. The number of fused-ring (bicyclic) bond motifs is 2. The molecule has 5 aromatic rings. The highest BCUT2D eigenvalue weighted by molar-refractivity contribution is 5.97. The van der Waals surface area contributed by atoms with Crippen molar-refractivity contribution in [1.29, 1.82) is 0 Å². The fraction of sp³-hybridized carbons (Fsp3) is 0.326. The first-order chi connectivity index (χ1) is 26.2. The topological polar surface area (TPSA) is 69.7 Å². The van der Waals surface area contributed by atoms with Gasteiger partial charge in [0.15, 0.2) is 28.8 Å². The van der Waals surface area contributed by atoms with Crippen LogP contribution < -0.4 is 23.7 Å². The van der Waals surface area contributed by atoms with Gasteiger partial charge < -0.3 is 23.7 Å². The monoisotopic (exact) mass is 724 g/mol. The Morgan fingerprint density at radius 2 is 1.44 bits per heavy atom. The minimum Gasteiger partial charge on any atom is -0.493 e. The summed E-state index contributed by atoms with van der Waals surface area (Å²) in [6.45, 7) is 3.95. The quantitative estimate of drug-likeness (QED) is 0.161. The van der Waals surface area contributed by atoms with Gasteiger partial charge in [-0.25, -0.2) is 0 Å². The van der Waals surface area contributed by atoms with Gasteiger partial charge in [-0.2, -0.15) is 0 Å². The largest absolute Gasteiger partial charge is 0.493 e. The van der Waals surface area contributed by atoms with E-state index in [1.807, 2.05) is 48.5 Å². The number of aryl methyl sites for hydroxylation is 1. The average Bonchev–Trinajstić information content (AvgIpc) is 3.18. The second-order valence-corrected chi connectivity index (χ2v) is 14.8. The molecule has 8 nitrogen and oxygen atoms in total. The third kappa shape index (κ3) is 6.69. The standard InChI is InChI=1S/C46H48N2O6/c1-28-20-31-16-18-47(2)37-21-29-12-14-35(15-13-29)53-42-26-33(34(25-41(42)50-4)23-39(49)30-10-8-7-9-11-30)22-38-44-32(17-19-48(38)3)24-43(51-5)45(52-6)46(44)54-40(28)27-36(31)37/h7-15,20,24-27,37-38H,16-19,21-23H2,1-6H3/t37-,38-/m0/s1. The second kappa shape index (κ2) is 14.8. The molecule has 9 rings (SSSR count). The van der Waals surface area contributed by atoms with Gasteiger partial charge in [0, 0.05) is 42.7 Å². The SMILES string of the molecule is COc1cc(CC(=O)c2ccccc2)c2cc1Oc1ccc(cc1)C[C@H]1c3cc(c(C)cc3CCN1C)Oc1c(OC)c(OC)cc3c1[C@H](C2)N(C)CC3. The minimum atomic E-state index is -0.120. The molecule has 4 heterocycles. The van der Waals surface area contributed by atoms with Crippen LogP contribution in [0, 0.1) is 6.92 Å². The molecule has 0 unspecified atom stereocenters. The molecular formula is C46H48N2O6. The second-order valence-electron chi connectivity index (χ2n) is 14.8. The number of hydrogen-bond donors (Lipinski definition) is 0. The maximum absolute atomic E-state index is 13.8. The Morgan fingerprint density at radius 1 is 0.722 bits per heavy atom. The van der Waals surface area contributed by atoms with Gasteiger partial charge in [0.05, 0.1) is 21.3 Å². The van der Waals surface area contributed by atoms with Crippen molar-refractivity contribution in [2.45, 2.75) is 51.1 Å². The first kappa shape index (κ1) is 35.7. The molecule has 2 atom stereocenters. The number of Topliss-reactive ketones (excluding diaryl/α,β-unsaturated/α-hetero) is 1. The van der Waals surface area contributed by atoms with Crippen molar-refractivity contribution in [3.63, 3.8) is 0 Å². The van der Waals surface area contributed by atoms with Gasteiger partial charge in [0.2, 0.25) is 5.75 Å². The number of likely N-dealkylation sites (N-methyl/N-ethyl adjacent to an activating group) is 2. The molecule has 4 aliphatic rings. The maximum atomic E-state index is 13.8. The van der Waals surface area contributed by atoms with Crippen LogP contribution in [-0.2, 0) is 32.1 Å². The summed E-state index contributed by atoms with van der Waals surface area (Å²) in [6.07, 6.45) is 3.45. The van der Waals surface area contributed by atoms with Crippen LogP contribution in [0.15, 0.2) is 84.9 Å². The Bertz CT molecular complexity index is 2200. The van der Waals surface area contributed by atoms with Crippen LogP contribution in [0.5, 0.6) is 40.2 Å². The zero-order chi connectivity index (χ0) is 37.5. The van der Waals surface area contributed by atoms with E-state index in [-0.39, 0.29) is 24.3 Å². The van der Waals surface area contributed by atoms with Crippen molar-refractivity contribution < 1.29 is 28.5 Å². The Hall–Kier alpha value is -5.31. The zero-order valence-corrected chi connectivity index (χ0v) is 32.0. The molecule has 0 N–H and O–H groups in total. The lowest BCUT2D eigenvalue weighted by atomic mass is 9.85. The van der Waals surface area contributed by atoms with Crippen LogP contribution >= 0.6 is 0 Å². The number of ether oxygens (including phenoxy) is 5. The summed E-state index contributed by atoms with van der Waals surface area (Å²) in [6, 6.07) is 28.6. The molecule has 0 saturated carbocycles. The highest BCUT2D eigenvalue weighted by atomic mass is 16.5. The van der Waals surface area contributed by atoms with E-state index in [1.165, 1.54) is 16.7 Å². The van der Waals surface area contributed by atoms with Gasteiger partial charge in [-0.1, -0.05) is 48.5 Å². The minimum absolute atomic E-state index is 0.0391. The molecule has 0 fully saturated rings. The van der Waals surface area contributed by atoms with Crippen LogP contribution in [-0.4, -0.2) is 64.1 Å². The third-order valence-electron chi connectivity index (χ3n) is 11.5. The smallest absolute Gasteiger partial charge is 0.204 e. The van der Waals surface area contributed by atoms with Crippen molar-refractivity contribution in [1.82, 2.24) is 9.80 Å². The third-order valence-corrected chi connectivity index (χ3v) is 11.5. The molecule has 54 heavy (non-hydrogen) atoms. The molecular weight excluding hydrogens is 677 g/mol. The molecule has 0 saturated heterocycles.